The molecule has 2 fully saturated rings. The van der Waals surface area contributed by atoms with E-state index in [-0.39, 0.29) is 47.8 Å². The number of pyridine rings is 1. The lowest BCUT2D eigenvalue weighted by molar-refractivity contribution is -0.702. The largest absolute Gasteiger partial charge is 1.00 e. The van der Waals surface area contributed by atoms with Crippen LogP contribution in [0.1, 0.15) is 75.2 Å². The Hall–Kier alpha value is -3.38. The van der Waals surface area contributed by atoms with Crippen molar-refractivity contribution >= 4 is 12.0 Å². The first-order valence-electron chi connectivity index (χ1n) is 14.6. The summed E-state index contributed by atoms with van der Waals surface area (Å²) in [4.78, 5) is 30.8. The van der Waals surface area contributed by atoms with Crippen LogP contribution in [0.2, 0.25) is 0 Å². The lowest BCUT2D eigenvalue weighted by Crippen LogP contribution is -3.00. The molecule has 0 bridgehead atoms. The Morgan fingerprint density at radius 2 is 1.61 bits per heavy atom. The van der Waals surface area contributed by atoms with E-state index >= 15 is 0 Å². The van der Waals surface area contributed by atoms with Gasteiger partial charge < -0.3 is 26.9 Å². The number of aromatic nitrogens is 1. The summed E-state index contributed by atoms with van der Waals surface area (Å²) >= 11 is 0. The van der Waals surface area contributed by atoms with Gasteiger partial charge in [-0.05, 0) is 68.1 Å². The second kappa shape index (κ2) is 11.5. The molecule has 3 atom stereocenters. The summed E-state index contributed by atoms with van der Waals surface area (Å²) in [7, 11) is 0. The van der Waals surface area contributed by atoms with Crippen molar-refractivity contribution in [1.29, 1.82) is 0 Å². The number of amides is 2. The molecule has 0 saturated carbocycles. The minimum absolute atomic E-state index is 0. The minimum Gasteiger partial charge on any atom is -1.00 e. The van der Waals surface area contributed by atoms with Crippen molar-refractivity contribution in [2.45, 2.75) is 76.1 Å². The zero-order valence-corrected chi connectivity index (χ0v) is 25.0. The fraction of sp³-hybridized carbons (Fsp3) is 0.441. The predicted octanol–water partition coefficient (Wildman–Crippen LogP) is 2.98. The number of hydrogen-bond acceptors (Lipinski definition) is 3. The topological polar surface area (TPSA) is 53.7 Å². The van der Waals surface area contributed by atoms with E-state index in [4.69, 9.17) is 4.74 Å². The summed E-state index contributed by atoms with van der Waals surface area (Å²) < 4.78 is 7.85. The molecule has 6 nitrogen and oxygen atoms in total. The van der Waals surface area contributed by atoms with E-state index in [1.807, 2.05) is 49.9 Å². The molecule has 3 heterocycles. The molecule has 2 saturated heterocycles. The van der Waals surface area contributed by atoms with Crippen molar-refractivity contribution in [3.05, 3.63) is 102 Å². The maximum absolute atomic E-state index is 13.9. The average molecular weight is 574 g/mol. The van der Waals surface area contributed by atoms with Crippen LogP contribution in [0, 0.1) is 5.92 Å². The third kappa shape index (κ3) is 5.72. The first-order valence-corrected chi connectivity index (χ1v) is 14.6. The fourth-order valence-electron chi connectivity index (χ4n) is 7.33. The van der Waals surface area contributed by atoms with Gasteiger partial charge in [0.25, 0.3) is 0 Å². The molecule has 0 N–H and O–H groups in total. The van der Waals surface area contributed by atoms with Crippen LogP contribution >= 0.6 is 0 Å². The Morgan fingerprint density at radius 1 is 0.976 bits per heavy atom. The van der Waals surface area contributed by atoms with Gasteiger partial charge in [0.1, 0.15) is 11.6 Å². The van der Waals surface area contributed by atoms with Crippen LogP contribution in [-0.2, 0) is 21.5 Å². The Labute approximate surface area is 249 Å². The Bertz CT molecular complexity index is 1370. The maximum atomic E-state index is 13.9. The number of nitrogens with zero attached hydrogens (tertiary/aromatic N) is 3. The molecule has 3 aliphatic rings. The first kappa shape index (κ1) is 29.1. The number of ether oxygens (including phenoxy) is 1. The molecule has 6 rings (SSSR count). The van der Waals surface area contributed by atoms with Gasteiger partial charge in [-0.3, -0.25) is 4.79 Å². The van der Waals surface area contributed by atoms with E-state index < -0.39 is 5.60 Å². The normalized spacial score (nSPS) is 22.0. The van der Waals surface area contributed by atoms with Crippen LogP contribution in [0.4, 0.5) is 4.79 Å². The van der Waals surface area contributed by atoms with Gasteiger partial charge in [-0.1, -0.05) is 60.7 Å². The van der Waals surface area contributed by atoms with Gasteiger partial charge in [-0.15, -0.1) is 0 Å². The highest BCUT2D eigenvalue weighted by Gasteiger charge is 2.54. The minimum atomic E-state index is -0.502. The van der Waals surface area contributed by atoms with Crippen LogP contribution in [0.15, 0.2) is 85.2 Å². The standard InChI is InChI=1S/C34H40N3O3.ClH/c1-33(2,3)40-32(39)36-20-16-34(17-21-36)23-26-22-30(38)37(31(26)27-14-8-9-15-28(27)34)29(25-12-6-4-7-13-25)24-35-18-10-5-11-19-35;/h4-15,18-19,26,29,31H,16-17,20-24H2,1-3H3;1H/q+1;/p-1/t26-,29+,31-;/m0./s1. The molecule has 1 spiro atoms. The number of benzene rings is 2. The molecule has 216 valence electrons. The summed E-state index contributed by atoms with van der Waals surface area (Å²) in [6, 6.07) is 25.3. The number of piperidine rings is 1. The van der Waals surface area contributed by atoms with Crippen molar-refractivity contribution in [2.75, 3.05) is 13.1 Å². The van der Waals surface area contributed by atoms with Crippen LogP contribution in [-0.4, -0.2) is 40.5 Å². The Morgan fingerprint density at radius 3 is 2.29 bits per heavy atom. The third-order valence-electron chi connectivity index (χ3n) is 9.03. The number of fused-ring (bicyclic) bond motifs is 4. The van der Waals surface area contributed by atoms with Crippen molar-refractivity contribution in [3.63, 3.8) is 0 Å². The number of carbonyl (C=O) groups excluding carboxylic acids is 2. The molecular formula is C34H40ClN3O3. The van der Waals surface area contributed by atoms with E-state index in [9.17, 15) is 9.59 Å². The van der Waals surface area contributed by atoms with Gasteiger partial charge in [0.2, 0.25) is 5.91 Å². The molecule has 41 heavy (non-hydrogen) atoms. The van der Waals surface area contributed by atoms with Crippen LogP contribution in [0.25, 0.3) is 0 Å². The quantitative estimate of drug-likeness (QED) is 0.451. The molecule has 0 unspecified atom stereocenters. The number of carbonyl (C=O) groups is 2. The second-order valence-corrected chi connectivity index (χ2v) is 12.7. The Balaban J connectivity index is 0.00000337. The van der Waals surface area contributed by atoms with Gasteiger partial charge in [0.15, 0.2) is 18.9 Å². The number of halogens is 1. The molecule has 2 aliphatic heterocycles. The van der Waals surface area contributed by atoms with E-state index in [2.05, 4.69) is 70.4 Å². The van der Waals surface area contributed by atoms with Gasteiger partial charge in [-0.25, -0.2) is 9.36 Å². The highest BCUT2D eigenvalue weighted by molar-refractivity contribution is 5.81. The number of rotatable bonds is 4. The van der Waals surface area contributed by atoms with E-state index in [1.165, 1.54) is 11.1 Å². The van der Waals surface area contributed by atoms with Crippen molar-refractivity contribution in [3.8, 4) is 0 Å². The second-order valence-electron chi connectivity index (χ2n) is 12.7. The van der Waals surface area contributed by atoms with Gasteiger partial charge in [-0.2, -0.15) is 0 Å². The average Bonchev–Trinajstić information content (AvgIpc) is 3.27. The van der Waals surface area contributed by atoms with E-state index in [0.29, 0.717) is 26.1 Å². The zero-order valence-electron chi connectivity index (χ0n) is 24.2. The third-order valence-corrected chi connectivity index (χ3v) is 9.03. The number of hydrogen-bond donors (Lipinski definition) is 0. The smallest absolute Gasteiger partial charge is 0.410 e. The molecule has 3 aromatic rings. The molecule has 1 aromatic heterocycles. The molecule has 2 amide bonds. The monoisotopic (exact) mass is 573 g/mol. The molecular weight excluding hydrogens is 534 g/mol. The summed E-state index contributed by atoms with van der Waals surface area (Å²) in [5.41, 5.74) is 3.28. The van der Waals surface area contributed by atoms with Crippen LogP contribution < -0.4 is 17.0 Å². The maximum Gasteiger partial charge on any atom is 0.410 e. The lowest BCUT2D eigenvalue weighted by Gasteiger charge is -2.50. The SMILES string of the molecule is CC(C)(C)OC(=O)N1CCC2(CC1)C[C@@H]1CC(=O)N([C@H](C[n+]3ccccc3)c3ccccc3)[C@@H]1c1ccccc12.[Cl-]. The highest BCUT2D eigenvalue weighted by Crippen LogP contribution is 2.57. The zero-order chi connectivity index (χ0) is 27.9. The Kier molecular flexibility index (Phi) is 8.15. The lowest BCUT2D eigenvalue weighted by atomic mass is 9.60. The first-order chi connectivity index (χ1) is 19.2. The van der Waals surface area contributed by atoms with Crippen molar-refractivity contribution < 1.29 is 31.3 Å². The van der Waals surface area contributed by atoms with Crippen LogP contribution in [0.5, 0.6) is 0 Å². The summed E-state index contributed by atoms with van der Waals surface area (Å²) in [6.07, 6.45) is 7.26. The van der Waals surface area contributed by atoms with Crippen LogP contribution in [0.3, 0.4) is 0 Å². The number of likely N-dealkylation sites (tertiary alicyclic amines) is 2. The molecule has 7 heteroatoms. The molecule has 2 aromatic carbocycles. The van der Waals surface area contributed by atoms with Crippen molar-refractivity contribution in [2.24, 2.45) is 5.92 Å². The summed E-state index contributed by atoms with van der Waals surface area (Å²) in [5.74, 6) is 0.487. The van der Waals surface area contributed by atoms with E-state index in [1.54, 1.807) is 0 Å². The van der Waals surface area contributed by atoms with Gasteiger partial charge in [0, 0.05) is 31.6 Å². The fourth-order valence-corrected chi connectivity index (χ4v) is 7.33. The molecule has 1 aliphatic carbocycles. The van der Waals surface area contributed by atoms with Gasteiger partial charge in [0.05, 0.1) is 6.04 Å². The van der Waals surface area contributed by atoms with Gasteiger partial charge >= 0.3 is 6.09 Å². The summed E-state index contributed by atoms with van der Waals surface area (Å²) in [6.45, 7) is 7.80. The van der Waals surface area contributed by atoms with E-state index in [0.717, 1.165) is 24.8 Å². The van der Waals surface area contributed by atoms with Crippen molar-refractivity contribution in [1.82, 2.24) is 9.80 Å². The summed E-state index contributed by atoms with van der Waals surface area (Å²) in [5, 5.41) is 0. The highest BCUT2D eigenvalue weighted by atomic mass is 35.5. The predicted molar refractivity (Wildman–Crippen MR) is 153 cm³/mol. The molecule has 0 radical (unpaired) electrons.